The second-order valence-electron chi connectivity index (χ2n) is 4.69. The third kappa shape index (κ3) is 2.40. The molecular formula is C10H20S. The normalized spacial score (nSPS) is 45.8. The zero-order valence-electron chi connectivity index (χ0n) is 7.98. The number of rotatable bonds is 1. The highest BCUT2D eigenvalue weighted by molar-refractivity contribution is 7.81. The average Bonchev–Trinajstić information content (AvgIpc) is 1.85. The molecule has 1 aliphatic rings. The number of hydrogen-bond donors (Lipinski definition) is 1. The molecule has 0 radical (unpaired) electrons. The van der Waals surface area contributed by atoms with Crippen LogP contribution in [0.4, 0.5) is 0 Å². The Bertz CT molecular complexity index is 140. The quantitative estimate of drug-likeness (QED) is 0.573. The molecule has 2 unspecified atom stereocenters. The first-order valence-corrected chi connectivity index (χ1v) is 5.15. The lowest BCUT2D eigenvalue weighted by Gasteiger charge is -2.41. The molecule has 0 aromatic carbocycles. The maximum atomic E-state index is 4.69. The van der Waals surface area contributed by atoms with Crippen molar-refractivity contribution in [2.45, 2.75) is 57.6 Å². The minimum atomic E-state index is 0.309. The van der Waals surface area contributed by atoms with Gasteiger partial charge in [-0.3, -0.25) is 0 Å². The first kappa shape index (κ1) is 9.44. The molecule has 0 spiro atoms. The van der Waals surface area contributed by atoms with E-state index in [9.17, 15) is 0 Å². The van der Waals surface area contributed by atoms with Crippen LogP contribution >= 0.6 is 12.6 Å². The Morgan fingerprint density at radius 3 is 2.27 bits per heavy atom. The second-order valence-corrected chi connectivity index (χ2v) is 5.77. The van der Waals surface area contributed by atoms with Gasteiger partial charge in [0.1, 0.15) is 0 Å². The monoisotopic (exact) mass is 172 g/mol. The van der Waals surface area contributed by atoms with E-state index in [0.717, 1.165) is 0 Å². The molecule has 1 heteroatoms. The molecule has 0 saturated heterocycles. The highest BCUT2D eigenvalue weighted by Crippen LogP contribution is 2.45. The van der Waals surface area contributed by atoms with E-state index >= 15 is 0 Å². The Kier molecular flexibility index (Phi) is 2.58. The molecular weight excluding hydrogens is 152 g/mol. The van der Waals surface area contributed by atoms with Crippen molar-refractivity contribution in [2.75, 3.05) is 0 Å². The van der Waals surface area contributed by atoms with Crippen molar-refractivity contribution in [2.24, 2.45) is 5.41 Å². The smallest absolute Gasteiger partial charge is 0.0107 e. The van der Waals surface area contributed by atoms with E-state index in [1.54, 1.807) is 0 Å². The molecule has 1 saturated carbocycles. The zero-order chi connectivity index (χ0) is 8.54. The van der Waals surface area contributed by atoms with E-state index in [0.29, 0.717) is 10.2 Å². The van der Waals surface area contributed by atoms with Gasteiger partial charge in [-0.25, -0.2) is 0 Å². The summed E-state index contributed by atoms with van der Waals surface area (Å²) in [6.45, 7) is 6.99. The van der Waals surface area contributed by atoms with Gasteiger partial charge in [-0.05, 0) is 24.7 Å². The first-order valence-electron chi connectivity index (χ1n) is 4.70. The van der Waals surface area contributed by atoms with Gasteiger partial charge in [0.15, 0.2) is 0 Å². The van der Waals surface area contributed by atoms with Gasteiger partial charge in [-0.15, -0.1) is 0 Å². The van der Waals surface area contributed by atoms with Gasteiger partial charge in [0.2, 0.25) is 0 Å². The minimum Gasteiger partial charge on any atom is -0.173 e. The first-order chi connectivity index (χ1) is 4.97. The fraction of sp³-hybridized carbons (Fsp3) is 1.00. The van der Waals surface area contributed by atoms with Crippen LogP contribution < -0.4 is 0 Å². The van der Waals surface area contributed by atoms with Crippen molar-refractivity contribution >= 4 is 12.6 Å². The van der Waals surface area contributed by atoms with Crippen LogP contribution in [0.15, 0.2) is 0 Å². The predicted molar refractivity (Wildman–Crippen MR) is 54.3 cm³/mol. The van der Waals surface area contributed by atoms with Crippen LogP contribution in [0.1, 0.15) is 52.9 Å². The van der Waals surface area contributed by atoms with Crippen molar-refractivity contribution in [3.05, 3.63) is 0 Å². The summed E-state index contributed by atoms with van der Waals surface area (Å²) in [7, 11) is 0. The third-order valence-corrected chi connectivity index (χ3v) is 3.54. The summed E-state index contributed by atoms with van der Waals surface area (Å²) in [5.41, 5.74) is 0.578. The molecule has 66 valence electrons. The van der Waals surface area contributed by atoms with Gasteiger partial charge < -0.3 is 0 Å². The van der Waals surface area contributed by atoms with Crippen molar-refractivity contribution in [3.8, 4) is 0 Å². The maximum Gasteiger partial charge on any atom is 0.0107 e. The van der Waals surface area contributed by atoms with Crippen LogP contribution in [-0.2, 0) is 0 Å². The van der Waals surface area contributed by atoms with E-state index in [2.05, 4.69) is 33.4 Å². The van der Waals surface area contributed by atoms with E-state index in [4.69, 9.17) is 0 Å². The van der Waals surface area contributed by atoms with Crippen LogP contribution in [0.3, 0.4) is 0 Å². The van der Waals surface area contributed by atoms with Crippen LogP contribution in [0.5, 0.6) is 0 Å². The van der Waals surface area contributed by atoms with E-state index in [1.165, 1.54) is 32.1 Å². The van der Waals surface area contributed by atoms with Crippen molar-refractivity contribution in [1.82, 2.24) is 0 Å². The zero-order valence-corrected chi connectivity index (χ0v) is 8.88. The Balaban J connectivity index is 2.59. The molecule has 0 aromatic rings. The average molecular weight is 172 g/mol. The molecule has 0 amide bonds. The standard InChI is InChI=1S/C10H20S/c1-4-9(2)6-5-7-10(3,11)8-9/h11H,4-8H2,1-3H3. The molecule has 1 rings (SSSR count). The number of thiol groups is 1. The fourth-order valence-corrected chi connectivity index (χ4v) is 2.83. The Labute approximate surface area is 76.2 Å². The van der Waals surface area contributed by atoms with E-state index < -0.39 is 0 Å². The minimum absolute atomic E-state index is 0.309. The molecule has 0 N–H and O–H groups in total. The summed E-state index contributed by atoms with van der Waals surface area (Å²) >= 11 is 4.69. The summed E-state index contributed by atoms with van der Waals surface area (Å²) < 4.78 is 0.309. The molecule has 0 aliphatic heterocycles. The summed E-state index contributed by atoms with van der Waals surface area (Å²) in [4.78, 5) is 0. The van der Waals surface area contributed by atoms with Gasteiger partial charge in [-0.2, -0.15) is 12.6 Å². The fourth-order valence-electron chi connectivity index (χ4n) is 2.29. The van der Waals surface area contributed by atoms with Gasteiger partial charge in [0.25, 0.3) is 0 Å². The highest BCUT2D eigenvalue weighted by Gasteiger charge is 2.35. The van der Waals surface area contributed by atoms with Gasteiger partial charge >= 0.3 is 0 Å². The Morgan fingerprint density at radius 1 is 1.27 bits per heavy atom. The Morgan fingerprint density at radius 2 is 1.91 bits per heavy atom. The number of hydrogen-bond acceptors (Lipinski definition) is 1. The van der Waals surface area contributed by atoms with Crippen LogP contribution in [0.25, 0.3) is 0 Å². The largest absolute Gasteiger partial charge is 0.173 e. The third-order valence-electron chi connectivity index (χ3n) is 3.16. The SMILES string of the molecule is CCC1(C)CCCC(C)(S)C1. The highest BCUT2D eigenvalue weighted by atomic mass is 32.1. The lowest BCUT2D eigenvalue weighted by atomic mass is 9.69. The molecule has 2 atom stereocenters. The van der Waals surface area contributed by atoms with Crippen molar-refractivity contribution in [3.63, 3.8) is 0 Å². The summed E-state index contributed by atoms with van der Waals surface area (Å²) in [5.74, 6) is 0. The molecule has 0 heterocycles. The Hall–Kier alpha value is 0.350. The lowest BCUT2D eigenvalue weighted by Crippen LogP contribution is -2.33. The van der Waals surface area contributed by atoms with Gasteiger partial charge in [0.05, 0.1) is 0 Å². The second kappa shape index (κ2) is 3.01. The molecule has 1 aliphatic carbocycles. The van der Waals surface area contributed by atoms with Crippen LogP contribution in [-0.4, -0.2) is 4.75 Å². The summed E-state index contributed by atoms with van der Waals surface area (Å²) in [6.07, 6.45) is 6.67. The maximum absolute atomic E-state index is 4.69. The van der Waals surface area contributed by atoms with Crippen molar-refractivity contribution < 1.29 is 0 Å². The molecule has 11 heavy (non-hydrogen) atoms. The molecule has 0 bridgehead atoms. The predicted octanol–water partition coefficient (Wildman–Crippen LogP) is 3.67. The molecule has 0 aromatic heterocycles. The lowest BCUT2D eigenvalue weighted by molar-refractivity contribution is 0.180. The van der Waals surface area contributed by atoms with Crippen molar-refractivity contribution in [1.29, 1.82) is 0 Å². The topological polar surface area (TPSA) is 0 Å². The molecule has 1 fully saturated rings. The van der Waals surface area contributed by atoms with Gasteiger partial charge in [0, 0.05) is 4.75 Å². The summed E-state index contributed by atoms with van der Waals surface area (Å²) in [6, 6.07) is 0. The van der Waals surface area contributed by atoms with Crippen LogP contribution in [0, 0.1) is 5.41 Å². The van der Waals surface area contributed by atoms with Gasteiger partial charge in [-0.1, -0.05) is 33.6 Å². The molecule has 0 nitrogen and oxygen atoms in total. The van der Waals surface area contributed by atoms with E-state index in [-0.39, 0.29) is 0 Å². The van der Waals surface area contributed by atoms with Crippen LogP contribution in [0.2, 0.25) is 0 Å². The summed E-state index contributed by atoms with van der Waals surface area (Å²) in [5, 5.41) is 0. The van der Waals surface area contributed by atoms with E-state index in [1.807, 2.05) is 0 Å².